The summed E-state index contributed by atoms with van der Waals surface area (Å²) in [4.78, 5) is 13.3. The smallest absolute Gasteiger partial charge is 0.255 e. The van der Waals surface area contributed by atoms with Crippen molar-refractivity contribution in [1.29, 1.82) is 0 Å². The minimum absolute atomic E-state index is 0.00964. The first-order chi connectivity index (χ1) is 17.0. The van der Waals surface area contributed by atoms with Crippen LogP contribution in [0.1, 0.15) is 72.9 Å². The van der Waals surface area contributed by atoms with E-state index in [-0.39, 0.29) is 17.4 Å². The molecule has 4 saturated carbocycles. The first-order valence-electron chi connectivity index (χ1n) is 13.3. The highest BCUT2D eigenvalue weighted by Gasteiger charge is 2.53. The Bertz CT molecular complexity index is 1400. The van der Waals surface area contributed by atoms with Gasteiger partial charge in [-0.2, -0.15) is 0 Å². The number of nitrogens with one attached hydrogen (secondary N) is 1. The summed E-state index contributed by atoms with van der Waals surface area (Å²) in [6, 6.07) is 16.6. The van der Waals surface area contributed by atoms with E-state index in [1.165, 1.54) is 44.1 Å². The van der Waals surface area contributed by atoms with Gasteiger partial charge in [0, 0.05) is 22.2 Å². The molecule has 2 aromatic carbocycles. The predicted molar refractivity (Wildman–Crippen MR) is 138 cm³/mol. The predicted octanol–water partition coefficient (Wildman–Crippen LogP) is 7.32. The molecule has 0 spiro atoms. The molecular formula is C31H33NO3. The van der Waals surface area contributed by atoms with Crippen LogP contribution in [0.25, 0.3) is 21.9 Å². The molecule has 0 aliphatic heterocycles. The molecule has 4 heteroatoms. The molecule has 1 N–H and O–H groups in total. The number of carbonyl (C=O) groups is 1. The SMILES string of the molecule is Cc1oc(C23CC4CC(CC(C4)C2)C3)cc1C(=O)NC(C)Cc1ccc2oc3ccccc3c2c1. The van der Waals surface area contributed by atoms with Crippen LogP contribution in [-0.4, -0.2) is 11.9 Å². The number of hydrogen-bond acceptors (Lipinski definition) is 3. The quantitative estimate of drug-likeness (QED) is 0.335. The highest BCUT2D eigenvalue weighted by Crippen LogP contribution is 2.61. The van der Waals surface area contributed by atoms with Crippen molar-refractivity contribution < 1.29 is 13.6 Å². The summed E-state index contributed by atoms with van der Waals surface area (Å²) < 4.78 is 12.3. The monoisotopic (exact) mass is 467 g/mol. The number of rotatable bonds is 5. The molecule has 2 heterocycles. The van der Waals surface area contributed by atoms with Crippen molar-refractivity contribution in [2.45, 2.75) is 70.3 Å². The highest BCUT2D eigenvalue weighted by molar-refractivity contribution is 6.05. The van der Waals surface area contributed by atoms with Crippen LogP contribution < -0.4 is 5.32 Å². The number of furan rings is 2. The van der Waals surface area contributed by atoms with Gasteiger partial charge in [-0.15, -0.1) is 0 Å². The topological polar surface area (TPSA) is 55.4 Å². The Kier molecular flexibility index (Phi) is 4.71. The molecule has 1 amide bonds. The zero-order valence-electron chi connectivity index (χ0n) is 20.6. The molecule has 4 aromatic rings. The summed E-state index contributed by atoms with van der Waals surface area (Å²) in [6.45, 7) is 4.02. The molecule has 0 radical (unpaired) electrons. The number of fused-ring (bicyclic) bond motifs is 3. The molecular weight excluding hydrogens is 434 g/mol. The number of hydrogen-bond donors (Lipinski definition) is 1. The molecule has 8 rings (SSSR count). The van der Waals surface area contributed by atoms with Crippen molar-refractivity contribution in [1.82, 2.24) is 5.32 Å². The van der Waals surface area contributed by atoms with Crippen molar-refractivity contribution in [3.8, 4) is 0 Å². The van der Waals surface area contributed by atoms with E-state index >= 15 is 0 Å². The molecule has 0 saturated heterocycles. The Labute approximate surface area is 206 Å². The van der Waals surface area contributed by atoms with Gasteiger partial charge in [0.25, 0.3) is 5.91 Å². The van der Waals surface area contributed by atoms with Crippen LogP contribution in [0.4, 0.5) is 0 Å². The lowest BCUT2D eigenvalue weighted by atomic mass is 9.49. The van der Waals surface area contributed by atoms with Crippen LogP contribution in [0.2, 0.25) is 0 Å². The molecule has 2 aromatic heterocycles. The third-order valence-corrected chi connectivity index (χ3v) is 9.08. The van der Waals surface area contributed by atoms with Crippen molar-refractivity contribution in [3.63, 3.8) is 0 Å². The lowest BCUT2D eigenvalue weighted by Gasteiger charge is -2.55. The Balaban J connectivity index is 1.08. The Morgan fingerprint density at radius 3 is 2.37 bits per heavy atom. The number of amides is 1. The van der Waals surface area contributed by atoms with E-state index in [1.54, 1.807) is 0 Å². The maximum atomic E-state index is 13.3. The third-order valence-electron chi connectivity index (χ3n) is 9.08. The van der Waals surface area contributed by atoms with Crippen LogP contribution in [0, 0.1) is 24.7 Å². The second-order valence-corrected chi connectivity index (χ2v) is 11.8. The molecule has 180 valence electrons. The second kappa shape index (κ2) is 7.74. The van der Waals surface area contributed by atoms with E-state index in [1.807, 2.05) is 31.2 Å². The normalized spacial score (nSPS) is 28.1. The van der Waals surface area contributed by atoms with Gasteiger partial charge in [0.15, 0.2) is 0 Å². The summed E-state index contributed by atoms with van der Waals surface area (Å²) in [5, 5.41) is 5.49. The molecule has 1 unspecified atom stereocenters. The molecule has 4 aliphatic rings. The number of benzene rings is 2. The Morgan fingerprint density at radius 1 is 0.943 bits per heavy atom. The lowest BCUT2D eigenvalue weighted by molar-refractivity contribution is -0.0154. The Hall–Kier alpha value is -3.01. The van der Waals surface area contributed by atoms with Gasteiger partial charge in [0.1, 0.15) is 22.7 Å². The summed E-state index contributed by atoms with van der Waals surface area (Å²) >= 11 is 0. The second-order valence-electron chi connectivity index (χ2n) is 11.8. The van der Waals surface area contributed by atoms with Gasteiger partial charge in [-0.1, -0.05) is 24.3 Å². The zero-order valence-corrected chi connectivity index (χ0v) is 20.6. The van der Waals surface area contributed by atoms with Gasteiger partial charge in [-0.25, -0.2) is 0 Å². The van der Waals surface area contributed by atoms with E-state index in [4.69, 9.17) is 8.83 Å². The fraction of sp³-hybridized carbons (Fsp3) is 0.452. The summed E-state index contributed by atoms with van der Waals surface area (Å²) in [5.74, 6) is 4.37. The van der Waals surface area contributed by atoms with Gasteiger partial charge in [-0.3, -0.25) is 4.79 Å². The zero-order chi connectivity index (χ0) is 23.7. The van der Waals surface area contributed by atoms with Gasteiger partial charge in [0.05, 0.1) is 5.56 Å². The number of aryl methyl sites for hydroxylation is 1. The molecule has 4 nitrogen and oxygen atoms in total. The van der Waals surface area contributed by atoms with E-state index in [2.05, 4.69) is 36.5 Å². The van der Waals surface area contributed by atoms with Gasteiger partial charge < -0.3 is 14.2 Å². The maximum Gasteiger partial charge on any atom is 0.255 e. The molecule has 4 aliphatic carbocycles. The van der Waals surface area contributed by atoms with Crippen molar-refractivity contribution in [2.24, 2.45) is 17.8 Å². The fourth-order valence-corrected chi connectivity index (χ4v) is 7.99. The first-order valence-corrected chi connectivity index (χ1v) is 13.3. The van der Waals surface area contributed by atoms with Crippen LogP contribution in [0.15, 0.2) is 57.4 Å². The van der Waals surface area contributed by atoms with Gasteiger partial charge in [0.2, 0.25) is 0 Å². The van der Waals surface area contributed by atoms with E-state index in [0.717, 1.165) is 57.6 Å². The van der Waals surface area contributed by atoms with Gasteiger partial charge in [-0.05, 0) is 106 Å². The Morgan fingerprint density at radius 2 is 1.63 bits per heavy atom. The molecule has 4 bridgehead atoms. The van der Waals surface area contributed by atoms with E-state index in [0.29, 0.717) is 5.56 Å². The van der Waals surface area contributed by atoms with Crippen LogP contribution in [0.5, 0.6) is 0 Å². The van der Waals surface area contributed by atoms with Crippen molar-refractivity contribution in [2.75, 3.05) is 0 Å². The standard InChI is InChI=1S/C31H33NO3/c1-18(9-20-7-8-28-26(13-20)24-5-3-4-6-27(24)35-28)32-30(33)25-14-29(34-19(25)2)31-15-21-10-22(16-31)12-23(11-21)17-31/h3-8,13-14,18,21-23H,9-12,15-17H2,1-2H3,(H,32,33). The minimum Gasteiger partial charge on any atom is -0.465 e. The third kappa shape index (κ3) is 3.52. The van der Waals surface area contributed by atoms with E-state index < -0.39 is 0 Å². The van der Waals surface area contributed by atoms with Crippen LogP contribution in [0.3, 0.4) is 0 Å². The maximum absolute atomic E-state index is 13.3. The summed E-state index contributed by atoms with van der Waals surface area (Å²) in [6.07, 6.45) is 8.72. The van der Waals surface area contributed by atoms with Crippen LogP contribution in [-0.2, 0) is 11.8 Å². The van der Waals surface area contributed by atoms with E-state index in [9.17, 15) is 4.79 Å². The molecule has 1 atom stereocenters. The average molecular weight is 468 g/mol. The van der Waals surface area contributed by atoms with Gasteiger partial charge >= 0.3 is 0 Å². The fourth-order valence-electron chi connectivity index (χ4n) is 7.99. The summed E-state index contributed by atoms with van der Waals surface area (Å²) in [7, 11) is 0. The first kappa shape index (κ1) is 21.3. The van der Waals surface area contributed by atoms with Crippen LogP contribution >= 0.6 is 0 Å². The highest BCUT2D eigenvalue weighted by atomic mass is 16.3. The average Bonchev–Trinajstić information content (AvgIpc) is 3.39. The number of para-hydroxylation sites is 1. The minimum atomic E-state index is -0.0235. The van der Waals surface area contributed by atoms with Crippen molar-refractivity contribution in [3.05, 3.63) is 71.2 Å². The van der Waals surface area contributed by atoms with Crippen molar-refractivity contribution >= 4 is 27.8 Å². The summed E-state index contributed by atoms with van der Waals surface area (Å²) in [5.41, 5.74) is 3.88. The molecule has 4 fully saturated rings. The largest absolute Gasteiger partial charge is 0.465 e. The lowest BCUT2D eigenvalue weighted by Crippen LogP contribution is -2.48. The molecule has 35 heavy (non-hydrogen) atoms. The number of carbonyl (C=O) groups excluding carboxylic acids is 1.